The lowest BCUT2D eigenvalue weighted by atomic mass is 9.94. The van der Waals surface area contributed by atoms with Crippen molar-refractivity contribution in [3.63, 3.8) is 0 Å². The zero-order valence-electron chi connectivity index (χ0n) is 14.5. The molecule has 0 aliphatic rings. The number of aryl methyl sites for hydroxylation is 2. The van der Waals surface area contributed by atoms with Crippen molar-refractivity contribution < 1.29 is 4.79 Å². The first-order chi connectivity index (χ1) is 11.5. The molecule has 0 saturated carbocycles. The highest BCUT2D eigenvalue weighted by atomic mass is 32.1. The Balaban J connectivity index is 1.78. The van der Waals surface area contributed by atoms with Gasteiger partial charge in [-0.25, -0.2) is 0 Å². The number of hydrogen-bond donors (Lipinski definition) is 1. The molecule has 2 N–H and O–H groups in total. The summed E-state index contributed by atoms with van der Waals surface area (Å²) in [6, 6.07) is 14.4. The third-order valence-electron chi connectivity index (χ3n) is 4.31. The van der Waals surface area contributed by atoms with Gasteiger partial charge in [0, 0.05) is 16.8 Å². The number of carbonyl (C=O) groups excluding carboxylic acids is 1. The molecule has 1 heterocycles. The number of rotatable bonds is 10. The van der Waals surface area contributed by atoms with E-state index in [1.54, 1.807) is 11.3 Å². The van der Waals surface area contributed by atoms with E-state index >= 15 is 0 Å². The van der Waals surface area contributed by atoms with Crippen LogP contribution in [0.1, 0.15) is 52.7 Å². The summed E-state index contributed by atoms with van der Waals surface area (Å²) in [4.78, 5) is 14.5. The molecule has 2 nitrogen and oxygen atoms in total. The summed E-state index contributed by atoms with van der Waals surface area (Å²) < 4.78 is 0. The summed E-state index contributed by atoms with van der Waals surface area (Å²) in [7, 11) is 2.74. The Labute approximate surface area is 152 Å². The molecule has 0 aliphatic carbocycles. The minimum atomic E-state index is -0.119. The average molecular weight is 361 g/mol. The first-order valence-corrected chi connectivity index (χ1v) is 10.3. The molecule has 24 heavy (non-hydrogen) atoms. The number of hydrogen-bond acceptors (Lipinski definition) is 3. The number of thiophene rings is 1. The second-order valence-corrected chi connectivity index (χ2v) is 8.47. The molecule has 2 atom stereocenters. The van der Waals surface area contributed by atoms with Crippen LogP contribution in [0.5, 0.6) is 0 Å². The first kappa shape index (κ1) is 19.3. The van der Waals surface area contributed by atoms with Gasteiger partial charge in [-0.1, -0.05) is 30.3 Å². The molecule has 2 rings (SSSR count). The van der Waals surface area contributed by atoms with E-state index in [4.69, 9.17) is 5.73 Å². The molecule has 0 radical (unpaired) electrons. The molecule has 130 valence electrons. The molecule has 0 aliphatic heterocycles. The van der Waals surface area contributed by atoms with Gasteiger partial charge >= 0.3 is 0 Å². The molecular weight excluding hydrogens is 333 g/mol. The lowest BCUT2D eigenvalue weighted by Crippen LogP contribution is -2.36. The van der Waals surface area contributed by atoms with E-state index in [9.17, 15) is 4.79 Å². The van der Waals surface area contributed by atoms with Gasteiger partial charge in [0.1, 0.15) is 0 Å². The minimum Gasteiger partial charge on any atom is -0.325 e. The minimum absolute atomic E-state index is 0.119. The molecule has 2 aromatic rings. The zero-order chi connectivity index (χ0) is 17.4. The highest BCUT2D eigenvalue weighted by Gasteiger charge is 2.18. The fourth-order valence-electron chi connectivity index (χ4n) is 2.75. The fourth-order valence-corrected chi connectivity index (χ4v) is 4.38. The number of carbonyl (C=O) groups is 1. The molecule has 4 heteroatoms. The van der Waals surface area contributed by atoms with Gasteiger partial charge in [0.05, 0.1) is 4.88 Å². The van der Waals surface area contributed by atoms with Crippen molar-refractivity contribution >= 4 is 26.4 Å². The van der Waals surface area contributed by atoms with Crippen LogP contribution in [-0.2, 0) is 12.8 Å². The standard InChI is InChI=1S/C20H28NOPS/c1-20(21,14-15-23)13-12-17-10-11-19(24-17)18(22)9-5-8-16-6-3-2-4-7-16/h2-4,6-7,10-11H,5,8-9,12-15,21,23H2,1H3. The second kappa shape index (κ2) is 9.46. The summed E-state index contributed by atoms with van der Waals surface area (Å²) in [5.74, 6) is 0.266. The van der Waals surface area contributed by atoms with Gasteiger partial charge in [-0.2, -0.15) is 0 Å². The van der Waals surface area contributed by atoms with E-state index in [1.165, 1.54) is 10.4 Å². The first-order valence-electron chi connectivity index (χ1n) is 8.65. The average Bonchev–Trinajstić information content (AvgIpc) is 3.03. The summed E-state index contributed by atoms with van der Waals surface area (Å²) >= 11 is 1.64. The Hall–Kier alpha value is -1.02. The maximum absolute atomic E-state index is 12.3. The number of benzene rings is 1. The van der Waals surface area contributed by atoms with E-state index in [1.807, 2.05) is 24.3 Å². The maximum Gasteiger partial charge on any atom is 0.172 e. The largest absolute Gasteiger partial charge is 0.325 e. The van der Waals surface area contributed by atoms with Crippen molar-refractivity contribution in [1.82, 2.24) is 0 Å². The summed E-state index contributed by atoms with van der Waals surface area (Å²) in [6.07, 6.45) is 6.45. The van der Waals surface area contributed by atoms with Crippen molar-refractivity contribution in [2.75, 3.05) is 6.16 Å². The molecule has 1 aromatic heterocycles. The molecule has 1 aromatic carbocycles. The third kappa shape index (κ3) is 6.47. The van der Waals surface area contributed by atoms with E-state index in [0.717, 1.165) is 43.1 Å². The summed E-state index contributed by atoms with van der Waals surface area (Å²) in [6.45, 7) is 2.11. The molecule has 0 fully saturated rings. The normalized spacial score (nSPS) is 13.6. The molecule has 0 bridgehead atoms. The zero-order valence-corrected chi connectivity index (χ0v) is 16.4. The third-order valence-corrected chi connectivity index (χ3v) is 5.78. The topological polar surface area (TPSA) is 43.1 Å². The molecule has 0 amide bonds. The molecule has 2 unspecified atom stereocenters. The molecular formula is C20H28NOPS. The maximum atomic E-state index is 12.3. The Morgan fingerprint density at radius 3 is 2.58 bits per heavy atom. The Morgan fingerprint density at radius 1 is 1.12 bits per heavy atom. The molecule has 0 saturated heterocycles. The number of ketones is 1. The Kier molecular flexibility index (Phi) is 7.61. The number of Topliss-reactive ketones (excluding diaryl/α,β-unsaturated/α-hetero) is 1. The van der Waals surface area contributed by atoms with Gasteiger partial charge in [-0.15, -0.1) is 20.6 Å². The fraction of sp³-hybridized carbons (Fsp3) is 0.450. The second-order valence-electron chi connectivity index (χ2n) is 6.72. The van der Waals surface area contributed by atoms with Crippen LogP contribution in [-0.4, -0.2) is 17.5 Å². The van der Waals surface area contributed by atoms with Crippen LogP contribution >= 0.6 is 20.6 Å². The van der Waals surface area contributed by atoms with Crippen molar-refractivity contribution in [3.05, 3.63) is 57.8 Å². The summed E-state index contributed by atoms with van der Waals surface area (Å²) in [5.41, 5.74) is 7.47. The van der Waals surface area contributed by atoms with Gasteiger partial charge in [-0.05, 0) is 62.9 Å². The predicted octanol–water partition coefficient (Wildman–Crippen LogP) is 4.87. The van der Waals surface area contributed by atoms with E-state index in [2.05, 4.69) is 34.4 Å². The lowest BCUT2D eigenvalue weighted by Gasteiger charge is -2.23. The highest BCUT2D eigenvalue weighted by molar-refractivity contribution is 7.16. The van der Waals surface area contributed by atoms with Gasteiger partial charge in [0.15, 0.2) is 5.78 Å². The van der Waals surface area contributed by atoms with Crippen LogP contribution in [0.15, 0.2) is 42.5 Å². The van der Waals surface area contributed by atoms with E-state index < -0.39 is 0 Å². The predicted molar refractivity (Wildman–Crippen MR) is 108 cm³/mol. The Bertz CT molecular complexity index is 636. The van der Waals surface area contributed by atoms with Crippen LogP contribution in [0.3, 0.4) is 0 Å². The smallest absolute Gasteiger partial charge is 0.172 e. The van der Waals surface area contributed by atoms with Gasteiger partial charge in [-0.3, -0.25) is 4.79 Å². The van der Waals surface area contributed by atoms with Gasteiger partial charge in [0.2, 0.25) is 0 Å². The van der Waals surface area contributed by atoms with Crippen LogP contribution in [0, 0.1) is 0 Å². The van der Waals surface area contributed by atoms with Gasteiger partial charge < -0.3 is 5.73 Å². The number of nitrogens with two attached hydrogens (primary N) is 1. The van der Waals surface area contributed by atoms with E-state index in [0.29, 0.717) is 6.42 Å². The molecule has 0 spiro atoms. The lowest BCUT2D eigenvalue weighted by molar-refractivity contribution is 0.0984. The van der Waals surface area contributed by atoms with Crippen molar-refractivity contribution in [3.8, 4) is 0 Å². The van der Waals surface area contributed by atoms with Gasteiger partial charge in [0.25, 0.3) is 0 Å². The Morgan fingerprint density at radius 2 is 1.88 bits per heavy atom. The van der Waals surface area contributed by atoms with Crippen LogP contribution in [0.4, 0.5) is 0 Å². The van der Waals surface area contributed by atoms with Crippen molar-refractivity contribution in [2.24, 2.45) is 5.73 Å². The summed E-state index contributed by atoms with van der Waals surface area (Å²) in [5, 5.41) is 0. The van der Waals surface area contributed by atoms with Crippen LogP contribution in [0.25, 0.3) is 0 Å². The van der Waals surface area contributed by atoms with Crippen LogP contribution in [0.2, 0.25) is 0 Å². The van der Waals surface area contributed by atoms with Crippen LogP contribution < -0.4 is 5.73 Å². The SMILES string of the molecule is CC(N)(CCP)CCc1ccc(C(=O)CCCc2ccccc2)s1. The van der Waals surface area contributed by atoms with Crippen molar-refractivity contribution in [1.29, 1.82) is 0 Å². The quantitative estimate of drug-likeness (QED) is 0.485. The van der Waals surface area contributed by atoms with Crippen molar-refractivity contribution in [2.45, 2.75) is 51.0 Å². The monoisotopic (exact) mass is 361 g/mol. The van der Waals surface area contributed by atoms with E-state index in [-0.39, 0.29) is 11.3 Å². The highest BCUT2D eigenvalue weighted by Crippen LogP contribution is 2.23.